The van der Waals surface area contributed by atoms with Gasteiger partial charge in [-0.2, -0.15) is 0 Å². The molecule has 0 bridgehead atoms. The average Bonchev–Trinajstić information content (AvgIpc) is 2.39. The predicted octanol–water partition coefficient (Wildman–Crippen LogP) is 2.11. The third-order valence-electron chi connectivity index (χ3n) is 2.53. The second-order valence-corrected chi connectivity index (χ2v) is 5.67. The smallest absolute Gasteiger partial charge is 0.206 e. The number of hydrogen-bond donors (Lipinski definition) is 1. The molecule has 0 atom stereocenters. The molecular weight excluding hydrogens is 248 g/mol. The van der Waals surface area contributed by atoms with Crippen LogP contribution in [0.25, 0.3) is 4.91 Å². The minimum absolute atomic E-state index is 0.0423. The van der Waals surface area contributed by atoms with Crippen LogP contribution in [0.1, 0.15) is 5.56 Å². The van der Waals surface area contributed by atoms with Gasteiger partial charge in [-0.1, -0.05) is 24.8 Å². The van der Waals surface area contributed by atoms with E-state index in [1.807, 2.05) is 0 Å². The van der Waals surface area contributed by atoms with Crippen molar-refractivity contribution in [2.45, 2.75) is 4.90 Å². The molecule has 2 N–H and O–H groups in total. The Bertz CT molecular complexity index is 679. The Balaban J connectivity index is 2.51. The van der Waals surface area contributed by atoms with Crippen molar-refractivity contribution in [1.82, 2.24) is 4.98 Å². The Hall–Kier alpha value is -2.14. The van der Waals surface area contributed by atoms with E-state index >= 15 is 0 Å². The van der Waals surface area contributed by atoms with Gasteiger partial charge in [0.1, 0.15) is 0 Å². The molecule has 2 rings (SSSR count). The molecule has 18 heavy (non-hydrogen) atoms. The summed E-state index contributed by atoms with van der Waals surface area (Å²) in [6, 6.07) is 9.65. The molecule has 4 nitrogen and oxygen atoms in total. The van der Waals surface area contributed by atoms with Gasteiger partial charge in [-0.25, -0.2) is 8.42 Å². The lowest BCUT2D eigenvalue weighted by Crippen LogP contribution is -2.05. The lowest BCUT2D eigenvalue weighted by atomic mass is 10.2. The molecule has 0 saturated carbocycles. The fraction of sp³-hybridized carbons (Fsp3) is 0. The zero-order valence-electron chi connectivity index (χ0n) is 9.58. The summed E-state index contributed by atoms with van der Waals surface area (Å²) in [6.45, 7) is 3.63. The van der Waals surface area contributed by atoms with Crippen LogP contribution in [0.4, 0.5) is 5.69 Å². The van der Waals surface area contributed by atoms with Crippen LogP contribution in [0, 0.1) is 0 Å². The SMILES string of the molecule is C=C(c1cnccc1N)S(=O)(=O)c1ccccc1. The second-order valence-electron chi connectivity index (χ2n) is 3.70. The molecule has 0 unspecified atom stereocenters. The molecule has 0 aliphatic carbocycles. The number of benzene rings is 1. The Morgan fingerprint density at radius 1 is 1.17 bits per heavy atom. The molecule has 0 aliphatic heterocycles. The first-order chi connectivity index (χ1) is 8.53. The highest BCUT2D eigenvalue weighted by molar-refractivity contribution is 8.00. The minimum atomic E-state index is -3.63. The molecule has 0 fully saturated rings. The third kappa shape index (κ3) is 2.12. The van der Waals surface area contributed by atoms with E-state index in [-0.39, 0.29) is 9.80 Å². The number of aromatic nitrogens is 1. The summed E-state index contributed by atoms with van der Waals surface area (Å²) in [5.41, 5.74) is 6.41. The van der Waals surface area contributed by atoms with Crippen molar-refractivity contribution in [2.75, 3.05) is 5.73 Å². The summed E-state index contributed by atoms with van der Waals surface area (Å²) < 4.78 is 24.6. The summed E-state index contributed by atoms with van der Waals surface area (Å²) in [7, 11) is -3.63. The van der Waals surface area contributed by atoms with Crippen LogP contribution in [0.3, 0.4) is 0 Å². The standard InChI is InChI=1S/C13H12N2O2S/c1-10(12-9-15-8-7-13(12)14)18(16,17)11-5-3-2-4-6-11/h2-9H,1H2,(H2,14,15). The maximum atomic E-state index is 12.3. The molecule has 0 aliphatic rings. The van der Waals surface area contributed by atoms with Crippen molar-refractivity contribution < 1.29 is 8.42 Å². The van der Waals surface area contributed by atoms with Crippen LogP contribution in [-0.2, 0) is 9.84 Å². The van der Waals surface area contributed by atoms with E-state index in [4.69, 9.17) is 5.73 Å². The van der Waals surface area contributed by atoms with Gasteiger partial charge in [-0.15, -0.1) is 0 Å². The Kier molecular flexibility index (Phi) is 3.16. The predicted molar refractivity (Wildman–Crippen MR) is 71.3 cm³/mol. The maximum absolute atomic E-state index is 12.3. The van der Waals surface area contributed by atoms with Crippen molar-refractivity contribution in [3.8, 4) is 0 Å². The van der Waals surface area contributed by atoms with Crippen molar-refractivity contribution >= 4 is 20.4 Å². The Morgan fingerprint density at radius 3 is 2.44 bits per heavy atom. The van der Waals surface area contributed by atoms with Gasteiger partial charge in [-0.05, 0) is 18.2 Å². The van der Waals surface area contributed by atoms with E-state index in [0.29, 0.717) is 11.3 Å². The number of nitrogen functional groups attached to an aromatic ring is 1. The van der Waals surface area contributed by atoms with Crippen molar-refractivity contribution in [1.29, 1.82) is 0 Å². The lowest BCUT2D eigenvalue weighted by molar-refractivity contribution is 0.606. The highest BCUT2D eigenvalue weighted by Gasteiger charge is 2.21. The molecule has 5 heteroatoms. The molecule has 1 aromatic carbocycles. The number of pyridine rings is 1. The maximum Gasteiger partial charge on any atom is 0.206 e. The molecule has 0 amide bonds. The zero-order chi connectivity index (χ0) is 13.2. The van der Waals surface area contributed by atoms with Gasteiger partial charge < -0.3 is 5.73 Å². The number of rotatable bonds is 3. The van der Waals surface area contributed by atoms with Gasteiger partial charge in [0.2, 0.25) is 9.84 Å². The number of nitrogens with two attached hydrogens (primary N) is 1. The number of hydrogen-bond acceptors (Lipinski definition) is 4. The summed E-state index contributed by atoms with van der Waals surface area (Å²) in [6.07, 6.45) is 2.90. The van der Waals surface area contributed by atoms with Crippen molar-refractivity contribution in [3.05, 3.63) is 60.9 Å². The Labute approximate surface area is 106 Å². The van der Waals surface area contributed by atoms with Crippen LogP contribution >= 0.6 is 0 Å². The van der Waals surface area contributed by atoms with Gasteiger partial charge in [0.15, 0.2) is 0 Å². The number of sulfone groups is 1. The van der Waals surface area contributed by atoms with Crippen LogP contribution in [0.5, 0.6) is 0 Å². The van der Waals surface area contributed by atoms with E-state index in [1.165, 1.54) is 24.5 Å². The highest BCUT2D eigenvalue weighted by Crippen LogP contribution is 2.28. The van der Waals surface area contributed by atoms with E-state index in [0.717, 1.165) is 0 Å². The van der Waals surface area contributed by atoms with E-state index < -0.39 is 9.84 Å². The minimum Gasteiger partial charge on any atom is -0.398 e. The summed E-state index contributed by atoms with van der Waals surface area (Å²) >= 11 is 0. The van der Waals surface area contributed by atoms with Crippen molar-refractivity contribution in [3.63, 3.8) is 0 Å². The molecule has 2 aromatic rings. The van der Waals surface area contributed by atoms with E-state index in [1.54, 1.807) is 24.3 Å². The van der Waals surface area contributed by atoms with Crippen LogP contribution in [-0.4, -0.2) is 13.4 Å². The first-order valence-corrected chi connectivity index (χ1v) is 6.70. The Morgan fingerprint density at radius 2 is 1.83 bits per heavy atom. The van der Waals surface area contributed by atoms with Gasteiger partial charge in [0.25, 0.3) is 0 Å². The van der Waals surface area contributed by atoms with Gasteiger partial charge in [0.05, 0.1) is 9.80 Å². The molecular formula is C13H12N2O2S. The normalized spacial score (nSPS) is 11.1. The van der Waals surface area contributed by atoms with Crippen LogP contribution in [0.2, 0.25) is 0 Å². The quantitative estimate of drug-likeness (QED) is 0.917. The van der Waals surface area contributed by atoms with Gasteiger partial charge >= 0.3 is 0 Å². The molecule has 0 saturated heterocycles. The largest absolute Gasteiger partial charge is 0.398 e. The number of anilines is 1. The van der Waals surface area contributed by atoms with Crippen LogP contribution < -0.4 is 5.73 Å². The van der Waals surface area contributed by atoms with Crippen LogP contribution in [0.15, 0.2) is 60.3 Å². The molecule has 0 spiro atoms. The van der Waals surface area contributed by atoms with Gasteiger partial charge in [0, 0.05) is 23.6 Å². The molecule has 1 heterocycles. The monoisotopic (exact) mass is 260 g/mol. The summed E-state index contributed by atoms with van der Waals surface area (Å²) in [5, 5.41) is 0. The van der Waals surface area contributed by atoms with Gasteiger partial charge in [-0.3, -0.25) is 4.98 Å². The van der Waals surface area contributed by atoms with E-state index in [9.17, 15) is 8.42 Å². The zero-order valence-corrected chi connectivity index (χ0v) is 10.4. The highest BCUT2D eigenvalue weighted by atomic mass is 32.2. The first kappa shape index (κ1) is 12.3. The third-order valence-corrected chi connectivity index (χ3v) is 4.29. The fourth-order valence-electron chi connectivity index (χ4n) is 1.52. The summed E-state index contributed by atoms with van der Waals surface area (Å²) in [4.78, 5) is 4.02. The molecule has 92 valence electrons. The van der Waals surface area contributed by atoms with E-state index in [2.05, 4.69) is 11.6 Å². The summed E-state index contributed by atoms with van der Waals surface area (Å²) in [5.74, 6) is 0. The topological polar surface area (TPSA) is 73.0 Å². The second kappa shape index (κ2) is 4.62. The first-order valence-electron chi connectivity index (χ1n) is 5.22. The number of nitrogens with zero attached hydrogens (tertiary/aromatic N) is 1. The average molecular weight is 260 g/mol. The molecule has 1 aromatic heterocycles. The van der Waals surface area contributed by atoms with Crippen molar-refractivity contribution in [2.24, 2.45) is 0 Å². The fourth-order valence-corrected chi connectivity index (χ4v) is 2.78. The molecule has 0 radical (unpaired) electrons. The lowest BCUT2D eigenvalue weighted by Gasteiger charge is -2.09.